The van der Waals surface area contributed by atoms with Crippen molar-refractivity contribution in [3.8, 4) is 11.5 Å². The summed E-state index contributed by atoms with van der Waals surface area (Å²) in [5, 5.41) is 6.67. The predicted octanol–water partition coefficient (Wildman–Crippen LogP) is 1.64. The van der Waals surface area contributed by atoms with E-state index in [4.69, 9.17) is 9.47 Å². The van der Waals surface area contributed by atoms with Gasteiger partial charge in [-0.25, -0.2) is 4.99 Å². The number of ether oxygens (including phenoxy) is 2. The van der Waals surface area contributed by atoms with Crippen molar-refractivity contribution in [2.45, 2.75) is 38.8 Å². The molecule has 0 aliphatic carbocycles. The van der Waals surface area contributed by atoms with Crippen LogP contribution in [-0.4, -0.2) is 62.7 Å². The Kier molecular flexibility index (Phi) is 7.56. The van der Waals surface area contributed by atoms with Gasteiger partial charge in [0.15, 0.2) is 5.96 Å². The van der Waals surface area contributed by atoms with Crippen LogP contribution in [0, 0.1) is 0 Å². The lowest BCUT2D eigenvalue weighted by Crippen LogP contribution is -2.51. The number of carbonyl (C=O) groups is 1. The highest BCUT2D eigenvalue weighted by atomic mass is 16.5. The summed E-state index contributed by atoms with van der Waals surface area (Å²) < 4.78 is 11.0. The lowest BCUT2D eigenvalue weighted by Gasteiger charge is -2.31. The SMILES string of the molecule is CCNC(=NCC(C)Oc1ccc(OC)cc1)NC1CCC(=O)N(C)C1. The van der Waals surface area contributed by atoms with E-state index in [9.17, 15) is 4.79 Å². The smallest absolute Gasteiger partial charge is 0.222 e. The van der Waals surface area contributed by atoms with Gasteiger partial charge in [-0.2, -0.15) is 0 Å². The molecule has 0 radical (unpaired) electrons. The fourth-order valence-electron chi connectivity index (χ4n) is 2.79. The zero-order valence-corrected chi connectivity index (χ0v) is 16.1. The molecule has 26 heavy (non-hydrogen) atoms. The van der Waals surface area contributed by atoms with Crippen molar-refractivity contribution in [1.29, 1.82) is 0 Å². The molecule has 1 aliphatic rings. The molecule has 7 heteroatoms. The van der Waals surface area contributed by atoms with Gasteiger partial charge in [-0.3, -0.25) is 4.79 Å². The minimum atomic E-state index is -0.0607. The normalized spacial score (nSPS) is 19.1. The van der Waals surface area contributed by atoms with Gasteiger partial charge in [0, 0.05) is 32.6 Å². The number of nitrogens with one attached hydrogen (secondary N) is 2. The molecule has 0 spiro atoms. The molecule has 2 atom stereocenters. The summed E-state index contributed by atoms with van der Waals surface area (Å²) in [6.07, 6.45) is 1.34. The number of likely N-dealkylation sites (tertiary alicyclic amines) is 1. The Hall–Kier alpha value is -2.44. The Morgan fingerprint density at radius 3 is 2.65 bits per heavy atom. The third-order valence-electron chi connectivity index (χ3n) is 4.21. The van der Waals surface area contributed by atoms with E-state index in [0.29, 0.717) is 19.5 Å². The maximum Gasteiger partial charge on any atom is 0.222 e. The third-order valence-corrected chi connectivity index (χ3v) is 4.21. The van der Waals surface area contributed by atoms with Crippen LogP contribution in [0.2, 0.25) is 0 Å². The summed E-state index contributed by atoms with van der Waals surface area (Å²) >= 11 is 0. The first kappa shape index (κ1) is 19.9. The van der Waals surface area contributed by atoms with Crippen molar-refractivity contribution in [3.05, 3.63) is 24.3 Å². The zero-order valence-electron chi connectivity index (χ0n) is 16.1. The molecular weight excluding hydrogens is 332 g/mol. The number of amides is 1. The van der Waals surface area contributed by atoms with E-state index in [2.05, 4.69) is 15.6 Å². The molecule has 1 aliphatic heterocycles. The minimum absolute atomic E-state index is 0.0607. The van der Waals surface area contributed by atoms with Crippen LogP contribution in [0.25, 0.3) is 0 Å². The number of carbonyl (C=O) groups excluding carboxylic acids is 1. The topological polar surface area (TPSA) is 75.2 Å². The van der Waals surface area contributed by atoms with E-state index >= 15 is 0 Å². The highest BCUT2D eigenvalue weighted by molar-refractivity contribution is 5.81. The number of piperidine rings is 1. The van der Waals surface area contributed by atoms with E-state index in [1.54, 1.807) is 12.0 Å². The number of likely N-dealkylation sites (N-methyl/N-ethyl adjacent to an activating group) is 1. The van der Waals surface area contributed by atoms with Crippen LogP contribution in [0.1, 0.15) is 26.7 Å². The Labute approximate surface area is 155 Å². The Balaban J connectivity index is 1.87. The largest absolute Gasteiger partial charge is 0.497 e. The first-order valence-corrected chi connectivity index (χ1v) is 9.11. The third kappa shape index (κ3) is 6.13. The van der Waals surface area contributed by atoms with E-state index < -0.39 is 0 Å². The number of benzene rings is 1. The Bertz CT molecular complexity index is 603. The van der Waals surface area contributed by atoms with E-state index in [1.807, 2.05) is 45.2 Å². The van der Waals surface area contributed by atoms with Gasteiger partial charge < -0.3 is 25.0 Å². The molecule has 144 valence electrons. The first-order valence-electron chi connectivity index (χ1n) is 9.11. The number of guanidine groups is 1. The summed E-state index contributed by atoms with van der Waals surface area (Å²) in [6.45, 7) is 6.03. The molecule has 7 nitrogen and oxygen atoms in total. The van der Waals surface area contributed by atoms with E-state index in [1.165, 1.54) is 0 Å². The Morgan fingerprint density at radius 1 is 1.35 bits per heavy atom. The number of methoxy groups -OCH3 is 1. The van der Waals surface area contributed by atoms with Crippen molar-refractivity contribution >= 4 is 11.9 Å². The van der Waals surface area contributed by atoms with Crippen LogP contribution in [-0.2, 0) is 4.79 Å². The Morgan fingerprint density at radius 2 is 2.04 bits per heavy atom. The number of hydrogen-bond acceptors (Lipinski definition) is 4. The monoisotopic (exact) mass is 362 g/mol. The van der Waals surface area contributed by atoms with Crippen molar-refractivity contribution < 1.29 is 14.3 Å². The quantitative estimate of drug-likeness (QED) is 0.570. The van der Waals surface area contributed by atoms with Crippen molar-refractivity contribution in [1.82, 2.24) is 15.5 Å². The zero-order chi connectivity index (χ0) is 18.9. The molecule has 2 rings (SSSR count). The summed E-state index contributed by atoms with van der Waals surface area (Å²) in [6, 6.07) is 7.73. The minimum Gasteiger partial charge on any atom is -0.497 e. The second-order valence-electron chi connectivity index (χ2n) is 6.48. The van der Waals surface area contributed by atoms with Crippen molar-refractivity contribution in [2.24, 2.45) is 4.99 Å². The van der Waals surface area contributed by atoms with E-state index in [0.717, 1.165) is 30.4 Å². The second-order valence-corrected chi connectivity index (χ2v) is 6.48. The summed E-state index contributed by atoms with van der Waals surface area (Å²) in [5.74, 6) is 2.55. The molecule has 1 aromatic rings. The van der Waals surface area contributed by atoms with Crippen molar-refractivity contribution in [2.75, 3.05) is 33.8 Å². The molecule has 1 fully saturated rings. The van der Waals surface area contributed by atoms with E-state index in [-0.39, 0.29) is 18.1 Å². The fourth-order valence-corrected chi connectivity index (χ4v) is 2.79. The maximum atomic E-state index is 11.6. The van der Waals surface area contributed by atoms with Gasteiger partial charge in [-0.05, 0) is 44.5 Å². The van der Waals surface area contributed by atoms with Gasteiger partial charge >= 0.3 is 0 Å². The molecule has 1 amide bonds. The predicted molar refractivity (Wildman–Crippen MR) is 103 cm³/mol. The first-order chi connectivity index (χ1) is 12.5. The van der Waals surface area contributed by atoms with Crippen molar-refractivity contribution in [3.63, 3.8) is 0 Å². The van der Waals surface area contributed by atoms with Gasteiger partial charge in [0.1, 0.15) is 17.6 Å². The molecule has 2 unspecified atom stereocenters. The summed E-state index contributed by atoms with van der Waals surface area (Å²) in [5.41, 5.74) is 0. The molecule has 1 aromatic carbocycles. The number of aliphatic imine (C=N–C) groups is 1. The summed E-state index contributed by atoms with van der Waals surface area (Å²) in [7, 11) is 3.48. The van der Waals surface area contributed by atoms with Crippen LogP contribution in [0.5, 0.6) is 11.5 Å². The lowest BCUT2D eigenvalue weighted by atomic mass is 10.1. The molecule has 0 bridgehead atoms. The van der Waals surface area contributed by atoms with Crippen LogP contribution in [0.4, 0.5) is 0 Å². The van der Waals surface area contributed by atoms with Gasteiger partial charge in [0.25, 0.3) is 0 Å². The summed E-state index contributed by atoms with van der Waals surface area (Å²) in [4.78, 5) is 18.0. The van der Waals surface area contributed by atoms with Gasteiger partial charge in [0.05, 0.1) is 13.7 Å². The molecule has 0 aromatic heterocycles. The van der Waals surface area contributed by atoms with Gasteiger partial charge in [-0.1, -0.05) is 0 Å². The molecular formula is C19H30N4O3. The second kappa shape index (κ2) is 9.89. The van der Waals surface area contributed by atoms with Gasteiger partial charge in [-0.15, -0.1) is 0 Å². The molecule has 1 heterocycles. The average Bonchev–Trinajstić information content (AvgIpc) is 2.63. The lowest BCUT2D eigenvalue weighted by molar-refractivity contribution is -0.132. The van der Waals surface area contributed by atoms with Crippen LogP contribution in [0.15, 0.2) is 29.3 Å². The fraction of sp³-hybridized carbons (Fsp3) is 0.579. The van der Waals surface area contributed by atoms with Gasteiger partial charge in [0.2, 0.25) is 5.91 Å². The average molecular weight is 362 g/mol. The highest BCUT2D eigenvalue weighted by Gasteiger charge is 2.23. The molecule has 2 N–H and O–H groups in total. The van der Waals surface area contributed by atoms with Crippen LogP contribution < -0.4 is 20.1 Å². The maximum absolute atomic E-state index is 11.6. The number of hydrogen-bond donors (Lipinski definition) is 2. The van der Waals surface area contributed by atoms with Crippen LogP contribution >= 0.6 is 0 Å². The molecule has 0 saturated carbocycles. The standard InChI is InChI=1S/C19H30N4O3/c1-5-20-19(22-15-6-11-18(24)23(3)13-15)21-12-14(2)26-17-9-7-16(25-4)8-10-17/h7-10,14-15H,5-6,11-13H2,1-4H3,(H2,20,21,22). The number of rotatable bonds is 7. The number of nitrogens with zero attached hydrogens (tertiary/aromatic N) is 2. The molecule has 1 saturated heterocycles. The highest BCUT2D eigenvalue weighted by Crippen LogP contribution is 2.18. The van der Waals surface area contributed by atoms with Crippen LogP contribution in [0.3, 0.4) is 0 Å².